The van der Waals surface area contributed by atoms with Gasteiger partial charge in [-0.2, -0.15) is 0 Å². The maximum absolute atomic E-state index is 13.1. The molecule has 0 aromatic heterocycles. The maximum atomic E-state index is 13.1. The molecule has 0 spiro atoms. The molecule has 0 saturated carbocycles. The first kappa shape index (κ1) is 22.4. The molecule has 2 aromatic carbocycles. The molecule has 2 aromatic rings. The summed E-state index contributed by atoms with van der Waals surface area (Å²) in [6, 6.07) is 12.4. The zero-order valence-electron chi connectivity index (χ0n) is 17.4. The van der Waals surface area contributed by atoms with E-state index in [1.54, 1.807) is 53.1 Å². The molecule has 166 valence electrons. The number of hydrogen-bond acceptors (Lipinski definition) is 6. The van der Waals surface area contributed by atoms with E-state index in [-0.39, 0.29) is 22.1 Å². The van der Waals surface area contributed by atoms with Crippen molar-refractivity contribution < 1.29 is 27.5 Å². The van der Waals surface area contributed by atoms with Crippen LogP contribution in [0.1, 0.15) is 17.3 Å². The van der Waals surface area contributed by atoms with Crippen LogP contribution in [0.2, 0.25) is 0 Å². The van der Waals surface area contributed by atoms with Crippen LogP contribution in [0.5, 0.6) is 5.75 Å². The first-order valence-electron chi connectivity index (χ1n) is 9.82. The van der Waals surface area contributed by atoms with Gasteiger partial charge in [0.15, 0.2) is 0 Å². The van der Waals surface area contributed by atoms with Crippen molar-refractivity contribution in [1.82, 2.24) is 9.80 Å². The van der Waals surface area contributed by atoms with Crippen molar-refractivity contribution in [2.45, 2.75) is 11.8 Å². The Morgan fingerprint density at radius 3 is 2.19 bits per heavy atom. The Hall–Kier alpha value is -3.27. The summed E-state index contributed by atoms with van der Waals surface area (Å²) in [5, 5.41) is 0. The number of hydrogen-bond donors (Lipinski definition) is 1. The lowest BCUT2D eigenvalue weighted by Gasteiger charge is -2.34. The molecule has 3 rings (SSSR count). The zero-order chi connectivity index (χ0) is 22.4. The van der Waals surface area contributed by atoms with E-state index in [1.165, 1.54) is 19.2 Å². The molecule has 2 amide bonds. The molecular weight excluding hydrogens is 422 g/mol. The van der Waals surface area contributed by atoms with Crippen LogP contribution in [0.15, 0.2) is 53.4 Å². The Morgan fingerprint density at radius 2 is 1.58 bits per heavy atom. The Kier molecular flexibility index (Phi) is 7.01. The van der Waals surface area contributed by atoms with Gasteiger partial charge in [-0.05, 0) is 43.3 Å². The summed E-state index contributed by atoms with van der Waals surface area (Å²) in [6.45, 7) is 3.39. The molecule has 1 aliphatic rings. The van der Waals surface area contributed by atoms with Crippen LogP contribution >= 0.6 is 0 Å². The number of anilines is 1. The van der Waals surface area contributed by atoms with Crippen LogP contribution in [-0.2, 0) is 14.8 Å². The smallest absolute Gasteiger partial charge is 0.409 e. The highest BCUT2D eigenvalue weighted by molar-refractivity contribution is 7.92. The summed E-state index contributed by atoms with van der Waals surface area (Å²) >= 11 is 0. The first-order valence-corrected chi connectivity index (χ1v) is 11.3. The second-order valence-corrected chi connectivity index (χ2v) is 8.49. The first-order chi connectivity index (χ1) is 14.9. The van der Waals surface area contributed by atoms with E-state index < -0.39 is 16.1 Å². The Morgan fingerprint density at radius 1 is 0.968 bits per heavy atom. The number of para-hydroxylation sites is 1. The van der Waals surface area contributed by atoms with E-state index in [0.29, 0.717) is 38.5 Å². The summed E-state index contributed by atoms with van der Waals surface area (Å²) < 4.78 is 38.1. The van der Waals surface area contributed by atoms with E-state index in [0.717, 1.165) is 0 Å². The number of nitrogens with one attached hydrogen (secondary N) is 1. The third-order valence-corrected chi connectivity index (χ3v) is 6.25. The minimum absolute atomic E-state index is 0.0543. The van der Waals surface area contributed by atoms with E-state index >= 15 is 0 Å². The van der Waals surface area contributed by atoms with Crippen molar-refractivity contribution in [2.75, 3.05) is 44.6 Å². The van der Waals surface area contributed by atoms with Gasteiger partial charge in [-0.3, -0.25) is 9.52 Å². The standard InChI is InChI=1S/C21H25N3O6S/c1-3-30-21(26)24-14-12-23(13-15-24)20(25)18-6-4-5-7-19(18)22-31(27,28)17-10-8-16(29-2)9-11-17/h4-11,22H,3,12-15H2,1-2H3. The highest BCUT2D eigenvalue weighted by atomic mass is 32.2. The molecule has 1 heterocycles. The Bertz CT molecular complexity index is 1030. The molecule has 1 saturated heterocycles. The topological polar surface area (TPSA) is 105 Å². The van der Waals surface area contributed by atoms with E-state index in [4.69, 9.17) is 9.47 Å². The fourth-order valence-electron chi connectivity index (χ4n) is 3.19. The number of carbonyl (C=O) groups is 2. The zero-order valence-corrected chi connectivity index (χ0v) is 18.2. The molecule has 9 nitrogen and oxygen atoms in total. The molecule has 0 atom stereocenters. The molecule has 10 heteroatoms. The highest BCUT2D eigenvalue weighted by Crippen LogP contribution is 2.23. The highest BCUT2D eigenvalue weighted by Gasteiger charge is 2.27. The molecule has 0 unspecified atom stereocenters. The van der Waals surface area contributed by atoms with Gasteiger partial charge >= 0.3 is 6.09 Å². The van der Waals surface area contributed by atoms with E-state index in [2.05, 4.69) is 4.72 Å². The van der Waals surface area contributed by atoms with Crippen LogP contribution in [0, 0.1) is 0 Å². The lowest BCUT2D eigenvalue weighted by molar-refractivity contribution is 0.0571. The number of piperazine rings is 1. The van der Waals surface area contributed by atoms with Crippen molar-refractivity contribution in [2.24, 2.45) is 0 Å². The number of nitrogens with zero attached hydrogens (tertiary/aromatic N) is 2. The third kappa shape index (κ3) is 5.26. The predicted molar refractivity (Wildman–Crippen MR) is 115 cm³/mol. The van der Waals surface area contributed by atoms with Crippen LogP contribution in [0.4, 0.5) is 10.5 Å². The van der Waals surface area contributed by atoms with Gasteiger partial charge in [-0.15, -0.1) is 0 Å². The van der Waals surface area contributed by atoms with Gasteiger partial charge in [0, 0.05) is 26.2 Å². The molecule has 0 aliphatic carbocycles. The lowest BCUT2D eigenvalue weighted by atomic mass is 10.1. The molecular formula is C21H25N3O6S. The minimum atomic E-state index is -3.90. The molecule has 1 N–H and O–H groups in total. The van der Waals surface area contributed by atoms with Crippen molar-refractivity contribution in [3.8, 4) is 5.75 Å². The monoisotopic (exact) mass is 447 g/mol. The molecule has 1 aliphatic heterocycles. The summed E-state index contributed by atoms with van der Waals surface area (Å²) in [4.78, 5) is 28.1. The maximum Gasteiger partial charge on any atom is 0.409 e. The summed E-state index contributed by atoms with van der Waals surface area (Å²) in [7, 11) is -2.40. The summed E-state index contributed by atoms with van der Waals surface area (Å²) in [5.41, 5.74) is 0.431. The van der Waals surface area contributed by atoms with Crippen LogP contribution < -0.4 is 9.46 Å². The summed E-state index contributed by atoms with van der Waals surface area (Å²) in [5.74, 6) is 0.230. The van der Waals surface area contributed by atoms with Gasteiger partial charge in [0.05, 0.1) is 29.9 Å². The number of rotatable bonds is 6. The third-order valence-electron chi connectivity index (χ3n) is 4.86. The van der Waals surface area contributed by atoms with Gasteiger partial charge in [0.25, 0.3) is 15.9 Å². The lowest BCUT2D eigenvalue weighted by Crippen LogP contribution is -2.50. The van der Waals surface area contributed by atoms with Gasteiger partial charge in [-0.1, -0.05) is 12.1 Å². The van der Waals surface area contributed by atoms with Gasteiger partial charge in [0.1, 0.15) is 5.75 Å². The molecule has 0 bridgehead atoms. The van der Waals surface area contributed by atoms with Gasteiger partial charge in [0.2, 0.25) is 0 Å². The van der Waals surface area contributed by atoms with Crippen LogP contribution in [0.25, 0.3) is 0 Å². The minimum Gasteiger partial charge on any atom is -0.497 e. The van der Waals surface area contributed by atoms with Gasteiger partial charge < -0.3 is 19.3 Å². The largest absolute Gasteiger partial charge is 0.497 e. The Balaban J connectivity index is 1.74. The predicted octanol–water partition coefficient (Wildman–Crippen LogP) is 2.41. The molecule has 31 heavy (non-hydrogen) atoms. The summed E-state index contributed by atoms with van der Waals surface area (Å²) in [6.07, 6.45) is -0.401. The van der Waals surface area contributed by atoms with Gasteiger partial charge in [-0.25, -0.2) is 13.2 Å². The second kappa shape index (κ2) is 9.69. The fraction of sp³-hybridized carbons (Fsp3) is 0.333. The Labute approximate surface area is 181 Å². The average molecular weight is 448 g/mol. The van der Waals surface area contributed by atoms with Crippen molar-refractivity contribution >= 4 is 27.7 Å². The van der Waals surface area contributed by atoms with Crippen molar-refractivity contribution in [1.29, 1.82) is 0 Å². The quantitative estimate of drug-likeness (QED) is 0.729. The molecule has 0 radical (unpaired) electrons. The van der Waals surface area contributed by atoms with Crippen LogP contribution in [0.3, 0.4) is 0 Å². The number of sulfonamides is 1. The van der Waals surface area contributed by atoms with Crippen molar-refractivity contribution in [3.05, 3.63) is 54.1 Å². The van der Waals surface area contributed by atoms with E-state index in [9.17, 15) is 18.0 Å². The average Bonchev–Trinajstić information content (AvgIpc) is 2.79. The number of methoxy groups -OCH3 is 1. The number of carbonyl (C=O) groups excluding carboxylic acids is 2. The second-order valence-electron chi connectivity index (χ2n) is 6.80. The fourth-order valence-corrected chi connectivity index (χ4v) is 4.27. The van der Waals surface area contributed by atoms with Crippen LogP contribution in [-0.4, -0.2) is 70.1 Å². The normalized spacial score (nSPS) is 14.1. The van der Waals surface area contributed by atoms with Crippen molar-refractivity contribution in [3.63, 3.8) is 0 Å². The SMILES string of the molecule is CCOC(=O)N1CCN(C(=O)c2ccccc2NS(=O)(=O)c2ccc(OC)cc2)CC1. The van der Waals surface area contributed by atoms with E-state index in [1.807, 2.05) is 0 Å². The molecule has 1 fully saturated rings. The number of amides is 2. The number of benzene rings is 2. The number of ether oxygens (including phenoxy) is 2.